The van der Waals surface area contributed by atoms with Gasteiger partial charge in [0.2, 0.25) is 0 Å². The number of nitrogens with two attached hydrogens (primary N) is 1. The first-order valence-electron chi connectivity index (χ1n) is 4.83. The summed E-state index contributed by atoms with van der Waals surface area (Å²) >= 11 is 0.971. The van der Waals surface area contributed by atoms with Crippen molar-refractivity contribution in [1.29, 1.82) is 0 Å². The first-order chi connectivity index (χ1) is 8.40. The van der Waals surface area contributed by atoms with Crippen molar-refractivity contribution in [2.24, 2.45) is 7.05 Å². The quantitative estimate of drug-likeness (QED) is 0.682. The van der Waals surface area contributed by atoms with Crippen LogP contribution in [0.5, 0.6) is 0 Å². The number of aromatic nitrogens is 3. The molecule has 0 unspecified atom stereocenters. The Balaban J connectivity index is 2.20. The van der Waals surface area contributed by atoms with Gasteiger partial charge in [-0.15, -0.1) is 0 Å². The molecule has 0 aliphatic rings. The molecule has 18 heavy (non-hydrogen) atoms. The van der Waals surface area contributed by atoms with E-state index in [0.717, 1.165) is 11.3 Å². The number of H-pyrrole nitrogens is 1. The van der Waals surface area contributed by atoms with Crippen LogP contribution < -0.4 is 15.3 Å². The fraction of sp³-hybridized carbons (Fsp3) is 0.250. The van der Waals surface area contributed by atoms with Gasteiger partial charge in [-0.2, -0.15) is 0 Å². The van der Waals surface area contributed by atoms with E-state index >= 15 is 0 Å². The van der Waals surface area contributed by atoms with Crippen molar-refractivity contribution < 1.29 is 8.42 Å². The van der Waals surface area contributed by atoms with E-state index in [1.807, 2.05) is 0 Å². The summed E-state index contributed by atoms with van der Waals surface area (Å²) in [5, 5.41) is 1.46. The number of imidazole rings is 1. The predicted octanol–water partition coefficient (Wildman–Crippen LogP) is -0.769. The van der Waals surface area contributed by atoms with Crippen LogP contribution in [0.15, 0.2) is 21.5 Å². The molecular weight excluding hydrogens is 278 g/mol. The molecule has 98 valence electrons. The molecule has 4 N–H and O–H groups in total. The van der Waals surface area contributed by atoms with Crippen molar-refractivity contribution in [3.8, 4) is 0 Å². The minimum Gasteiger partial charge on any atom is -0.381 e. The van der Waals surface area contributed by atoms with Crippen molar-refractivity contribution in [3.05, 3.63) is 27.1 Å². The maximum atomic E-state index is 12.0. The Kier molecular flexibility index (Phi) is 3.24. The number of rotatable bonds is 4. The lowest BCUT2D eigenvalue weighted by Crippen LogP contribution is -2.26. The van der Waals surface area contributed by atoms with E-state index in [1.165, 1.54) is 17.9 Å². The van der Waals surface area contributed by atoms with Crippen LogP contribution in [-0.2, 0) is 23.6 Å². The maximum Gasteiger partial charge on any atom is 0.304 e. The number of anilines is 1. The van der Waals surface area contributed by atoms with E-state index in [1.54, 1.807) is 5.38 Å². The zero-order valence-electron chi connectivity index (χ0n) is 9.37. The first kappa shape index (κ1) is 12.8. The molecule has 0 saturated heterocycles. The number of aromatic amines is 1. The predicted molar refractivity (Wildman–Crippen MR) is 66.6 cm³/mol. The summed E-state index contributed by atoms with van der Waals surface area (Å²) in [6, 6.07) is 0. The van der Waals surface area contributed by atoms with Gasteiger partial charge in [0.05, 0.1) is 12.9 Å². The second kappa shape index (κ2) is 4.55. The summed E-state index contributed by atoms with van der Waals surface area (Å²) in [5.74, 6) is -0.0659. The first-order valence-corrected chi connectivity index (χ1v) is 7.19. The molecule has 0 aliphatic heterocycles. The number of nitrogens with zero attached hydrogens (tertiary/aromatic N) is 2. The molecule has 2 aromatic rings. The fourth-order valence-electron chi connectivity index (χ4n) is 1.41. The molecule has 0 fully saturated rings. The Morgan fingerprint density at radius 1 is 1.61 bits per heavy atom. The van der Waals surface area contributed by atoms with E-state index in [2.05, 4.69) is 14.7 Å². The highest BCUT2D eigenvalue weighted by Gasteiger charge is 2.22. The monoisotopic (exact) mass is 289 g/mol. The highest BCUT2D eigenvalue weighted by Crippen LogP contribution is 2.15. The van der Waals surface area contributed by atoms with E-state index in [4.69, 9.17) is 5.73 Å². The Morgan fingerprint density at radius 2 is 2.33 bits per heavy atom. The minimum atomic E-state index is -3.76. The summed E-state index contributed by atoms with van der Waals surface area (Å²) in [5.41, 5.74) is 5.99. The molecule has 8 nitrogen and oxygen atoms in total. The molecule has 0 saturated carbocycles. The minimum absolute atomic E-state index is 0.00824. The summed E-state index contributed by atoms with van der Waals surface area (Å²) in [4.78, 5) is 16.9. The largest absolute Gasteiger partial charge is 0.381 e. The van der Waals surface area contributed by atoms with Crippen LogP contribution in [0.4, 0.5) is 5.82 Å². The third-order valence-electron chi connectivity index (χ3n) is 2.19. The lowest BCUT2D eigenvalue weighted by Gasteiger charge is -2.06. The number of aryl methyl sites for hydroxylation is 1. The number of sulfonamides is 1. The van der Waals surface area contributed by atoms with E-state index in [-0.39, 0.29) is 22.3 Å². The number of nitrogen functional groups attached to an aromatic ring is 1. The molecule has 2 rings (SSSR count). The number of hydrogen-bond acceptors (Lipinski definition) is 6. The van der Waals surface area contributed by atoms with Crippen molar-refractivity contribution in [1.82, 2.24) is 19.3 Å². The third kappa shape index (κ3) is 2.44. The molecular formula is C8H11N5O3S2. The molecule has 0 spiro atoms. The van der Waals surface area contributed by atoms with E-state index in [0.29, 0.717) is 5.69 Å². The molecule has 0 aliphatic carbocycles. The molecule has 0 atom stereocenters. The van der Waals surface area contributed by atoms with Crippen molar-refractivity contribution >= 4 is 27.2 Å². The maximum absolute atomic E-state index is 12.0. The fourth-order valence-corrected chi connectivity index (χ4v) is 3.22. The van der Waals surface area contributed by atoms with Gasteiger partial charge in [0.25, 0.3) is 10.0 Å². The average Bonchev–Trinajstić information content (AvgIpc) is 2.83. The van der Waals surface area contributed by atoms with Crippen LogP contribution in [0, 0.1) is 0 Å². The molecule has 2 aromatic heterocycles. The summed E-state index contributed by atoms with van der Waals surface area (Å²) in [7, 11) is -2.23. The van der Waals surface area contributed by atoms with Gasteiger partial charge in [-0.25, -0.2) is 18.1 Å². The van der Waals surface area contributed by atoms with Crippen LogP contribution in [0.25, 0.3) is 0 Å². The Bertz CT molecular complexity index is 692. The standard InChI is InChI=1S/C8H11N5O3S2/c1-13-4-10-6(9)7(13)18(15,16)11-2-5-3-17-8(14)12-5/h3-4,11H,2,9H2,1H3,(H,12,14). The van der Waals surface area contributed by atoms with Crippen molar-refractivity contribution in [3.63, 3.8) is 0 Å². The van der Waals surface area contributed by atoms with E-state index < -0.39 is 10.0 Å². The van der Waals surface area contributed by atoms with Crippen LogP contribution in [0.3, 0.4) is 0 Å². The van der Waals surface area contributed by atoms with Crippen molar-refractivity contribution in [2.75, 3.05) is 5.73 Å². The number of hydrogen-bond donors (Lipinski definition) is 3. The van der Waals surface area contributed by atoms with Gasteiger partial charge in [0.1, 0.15) is 0 Å². The summed E-state index contributed by atoms with van der Waals surface area (Å²) < 4.78 is 27.6. The lowest BCUT2D eigenvalue weighted by atomic mass is 10.5. The van der Waals surface area contributed by atoms with Gasteiger partial charge in [-0.05, 0) is 0 Å². The number of nitrogens with one attached hydrogen (secondary N) is 2. The van der Waals surface area contributed by atoms with Crippen LogP contribution >= 0.6 is 11.3 Å². The Hall–Kier alpha value is -1.65. The molecule has 0 aromatic carbocycles. The van der Waals surface area contributed by atoms with Gasteiger partial charge in [0.15, 0.2) is 10.8 Å². The topological polar surface area (TPSA) is 123 Å². The summed E-state index contributed by atoms with van der Waals surface area (Å²) in [6.45, 7) is -0.00824. The summed E-state index contributed by atoms with van der Waals surface area (Å²) in [6.07, 6.45) is 1.32. The molecule has 2 heterocycles. The van der Waals surface area contributed by atoms with Gasteiger partial charge in [0, 0.05) is 18.1 Å². The van der Waals surface area contributed by atoms with Crippen LogP contribution in [0.2, 0.25) is 0 Å². The average molecular weight is 289 g/mol. The molecule has 0 bridgehead atoms. The van der Waals surface area contributed by atoms with Crippen molar-refractivity contribution in [2.45, 2.75) is 11.6 Å². The van der Waals surface area contributed by atoms with Crippen LogP contribution in [0.1, 0.15) is 5.69 Å². The highest BCUT2D eigenvalue weighted by atomic mass is 32.2. The van der Waals surface area contributed by atoms with Gasteiger partial charge >= 0.3 is 4.87 Å². The smallest absolute Gasteiger partial charge is 0.304 e. The second-order valence-corrected chi connectivity index (χ2v) is 6.07. The van der Waals surface area contributed by atoms with Gasteiger partial charge in [-0.1, -0.05) is 11.3 Å². The normalized spacial score (nSPS) is 11.8. The SMILES string of the molecule is Cn1cnc(N)c1S(=O)(=O)NCc1csc(=O)[nH]1. The second-order valence-electron chi connectivity index (χ2n) is 3.54. The van der Waals surface area contributed by atoms with Crippen LogP contribution in [-0.4, -0.2) is 23.0 Å². The molecule has 0 radical (unpaired) electrons. The number of thiazole rings is 1. The Morgan fingerprint density at radius 3 is 2.83 bits per heavy atom. The third-order valence-corrected chi connectivity index (χ3v) is 4.44. The van der Waals surface area contributed by atoms with Gasteiger partial charge < -0.3 is 15.3 Å². The van der Waals surface area contributed by atoms with E-state index in [9.17, 15) is 13.2 Å². The molecule has 0 amide bonds. The highest BCUT2D eigenvalue weighted by molar-refractivity contribution is 7.89. The van der Waals surface area contributed by atoms with Gasteiger partial charge in [-0.3, -0.25) is 4.79 Å². The molecule has 10 heteroatoms. The lowest BCUT2D eigenvalue weighted by molar-refractivity contribution is 0.571. The zero-order valence-corrected chi connectivity index (χ0v) is 11.0. The Labute approximate surface area is 107 Å². The zero-order chi connectivity index (χ0) is 13.3.